The summed E-state index contributed by atoms with van der Waals surface area (Å²) in [7, 11) is 3.26. The van der Waals surface area contributed by atoms with E-state index in [2.05, 4.69) is 15.5 Å². The molecule has 0 aromatic heterocycles. The highest BCUT2D eigenvalue weighted by Crippen LogP contribution is 2.21. The third-order valence-corrected chi connectivity index (χ3v) is 4.36. The highest BCUT2D eigenvalue weighted by Gasteiger charge is 2.17. The molecule has 1 fully saturated rings. The van der Waals surface area contributed by atoms with E-state index < -0.39 is 12.1 Å². The predicted molar refractivity (Wildman–Crippen MR) is 98.2 cm³/mol. The number of anilines is 1. The number of benzene rings is 1. The van der Waals surface area contributed by atoms with Crippen molar-refractivity contribution in [3.05, 3.63) is 28.8 Å². The Labute approximate surface area is 152 Å². The van der Waals surface area contributed by atoms with E-state index >= 15 is 0 Å². The molecule has 1 aromatic carbocycles. The van der Waals surface area contributed by atoms with Crippen molar-refractivity contribution in [2.24, 2.45) is 0 Å². The van der Waals surface area contributed by atoms with Crippen LogP contribution in [0.2, 0.25) is 5.02 Å². The standard InChI is InChI=1S/C17H25ClN4O3/c1-21(2)16(24)14-9-12(5-6-15(14)18)20-17(25)19-10-13(23)11-22-7-3-4-8-22/h5-6,9,13,23H,3-4,7-8,10-11H2,1-2H3,(H2,19,20,25)/t13-/m0/s1. The summed E-state index contributed by atoms with van der Waals surface area (Å²) in [4.78, 5) is 27.6. The summed E-state index contributed by atoms with van der Waals surface area (Å²) in [5.41, 5.74) is 0.777. The molecule has 1 aliphatic heterocycles. The lowest BCUT2D eigenvalue weighted by Gasteiger charge is -2.19. The molecule has 1 atom stereocenters. The van der Waals surface area contributed by atoms with E-state index in [1.54, 1.807) is 26.2 Å². The van der Waals surface area contributed by atoms with Crippen molar-refractivity contribution in [2.75, 3.05) is 45.6 Å². The van der Waals surface area contributed by atoms with Crippen molar-refractivity contribution in [3.8, 4) is 0 Å². The molecule has 0 saturated carbocycles. The highest BCUT2D eigenvalue weighted by atomic mass is 35.5. The molecule has 3 amide bonds. The van der Waals surface area contributed by atoms with Gasteiger partial charge in [-0.2, -0.15) is 0 Å². The second kappa shape index (κ2) is 9.03. The Bertz CT molecular complexity index is 618. The van der Waals surface area contributed by atoms with Crippen molar-refractivity contribution >= 4 is 29.2 Å². The molecule has 0 radical (unpaired) electrons. The maximum absolute atomic E-state index is 12.1. The molecular weight excluding hydrogens is 344 g/mol. The minimum atomic E-state index is -0.611. The summed E-state index contributed by atoms with van der Waals surface area (Å²) in [6.45, 7) is 2.72. The van der Waals surface area contributed by atoms with Crippen LogP contribution in [0.5, 0.6) is 0 Å². The van der Waals surface area contributed by atoms with E-state index in [9.17, 15) is 14.7 Å². The number of urea groups is 1. The van der Waals surface area contributed by atoms with Crippen molar-refractivity contribution < 1.29 is 14.7 Å². The van der Waals surface area contributed by atoms with Gasteiger partial charge in [-0.1, -0.05) is 11.6 Å². The van der Waals surface area contributed by atoms with Crippen LogP contribution in [0.1, 0.15) is 23.2 Å². The topological polar surface area (TPSA) is 84.9 Å². The van der Waals surface area contributed by atoms with E-state index in [0.29, 0.717) is 22.8 Å². The van der Waals surface area contributed by atoms with Crippen LogP contribution in [0.15, 0.2) is 18.2 Å². The van der Waals surface area contributed by atoms with Crippen molar-refractivity contribution in [2.45, 2.75) is 18.9 Å². The zero-order valence-electron chi connectivity index (χ0n) is 14.6. The number of nitrogens with one attached hydrogen (secondary N) is 2. The average Bonchev–Trinajstić information content (AvgIpc) is 3.07. The monoisotopic (exact) mass is 368 g/mol. The van der Waals surface area contributed by atoms with E-state index in [1.807, 2.05) is 0 Å². The first kappa shape index (κ1) is 19.5. The third-order valence-electron chi connectivity index (χ3n) is 4.03. The fourth-order valence-electron chi connectivity index (χ4n) is 2.72. The van der Waals surface area contributed by atoms with Crippen molar-refractivity contribution in [1.82, 2.24) is 15.1 Å². The molecule has 0 aliphatic carbocycles. The Balaban J connectivity index is 1.85. The summed E-state index contributed by atoms with van der Waals surface area (Å²) in [6.07, 6.45) is 1.70. The van der Waals surface area contributed by atoms with Gasteiger partial charge < -0.3 is 25.5 Å². The Hall–Kier alpha value is -1.83. The molecule has 0 spiro atoms. The maximum Gasteiger partial charge on any atom is 0.319 e. The minimum Gasteiger partial charge on any atom is -0.390 e. The van der Waals surface area contributed by atoms with Gasteiger partial charge in [0.15, 0.2) is 0 Å². The quantitative estimate of drug-likeness (QED) is 0.712. The summed E-state index contributed by atoms with van der Waals surface area (Å²) in [5.74, 6) is -0.241. The Morgan fingerprint density at radius 3 is 2.64 bits per heavy atom. The van der Waals surface area contributed by atoms with Crippen LogP contribution in [0.3, 0.4) is 0 Å². The number of nitrogens with zero attached hydrogens (tertiary/aromatic N) is 2. The molecule has 1 aliphatic rings. The molecule has 8 heteroatoms. The molecule has 1 aromatic rings. The Morgan fingerprint density at radius 1 is 1.32 bits per heavy atom. The van der Waals surface area contributed by atoms with Crippen LogP contribution in [0.25, 0.3) is 0 Å². The predicted octanol–water partition coefficient (Wildman–Crippen LogP) is 1.62. The van der Waals surface area contributed by atoms with Gasteiger partial charge in [0.05, 0.1) is 16.7 Å². The SMILES string of the molecule is CN(C)C(=O)c1cc(NC(=O)NC[C@H](O)CN2CCCC2)ccc1Cl. The van der Waals surface area contributed by atoms with Crippen LogP contribution in [0, 0.1) is 0 Å². The zero-order chi connectivity index (χ0) is 18.4. The minimum absolute atomic E-state index is 0.166. The zero-order valence-corrected chi connectivity index (χ0v) is 15.3. The molecule has 0 unspecified atom stereocenters. The van der Waals surface area contributed by atoms with Crippen LogP contribution in [0.4, 0.5) is 10.5 Å². The largest absolute Gasteiger partial charge is 0.390 e. The summed E-state index contributed by atoms with van der Waals surface area (Å²) in [6, 6.07) is 4.28. The van der Waals surface area contributed by atoms with E-state index in [1.165, 1.54) is 11.0 Å². The number of amides is 3. The van der Waals surface area contributed by atoms with Gasteiger partial charge in [0, 0.05) is 32.9 Å². The third kappa shape index (κ3) is 5.88. The fourth-order valence-corrected chi connectivity index (χ4v) is 2.92. The number of rotatable bonds is 6. The number of halogens is 1. The Morgan fingerprint density at radius 2 is 2.00 bits per heavy atom. The van der Waals surface area contributed by atoms with Crippen LogP contribution in [-0.2, 0) is 0 Å². The summed E-state index contributed by atoms with van der Waals surface area (Å²) in [5, 5.41) is 15.6. The number of aliphatic hydroxyl groups excluding tert-OH is 1. The lowest BCUT2D eigenvalue weighted by atomic mass is 10.2. The van der Waals surface area contributed by atoms with Crippen molar-refractivity contribution in [1.29, 1.82) is 0 Å². The average molecular weight is 369 g/mol. The van der Waals surface area contributed by atoms with E-state index in [0.717, 1.165) is 25.9 Å². The number of likely N-dealkylation sites (tertiary alicyclic amines) is 1. The van der Waals surface area contributed by atoms with Gasteiger partial charge in [-0.3, -0.25) is 4.79 Å². The molecule has 138 valence electrons. The molecule has 3 N–H and O–H groups in total. The van der Waals surface area contributed by atoms with Gasteiger partial charge in [0.25, 0.3) is 5.91 Å². The van der Waals surface area contributed by atoms with Gasteiger partial charge in [-0.25, -0.2) is 4.79 Å². The van der Waals surface area contributed by atoms with Gasteiger partial charge in [0.2, 0.25) is 0 Å². The van der Waals surface area contributed by atoms with Crippen LogP contribution < -0.4 is 10.6 Å². The Kier molecular flexibility index (Phi) is 7.04. The first-order valence-corrected chi connectivity index (χ1v) is 8.71. The van der Waals surface area contributed by atoms with Gasteiger partial charge >= 0.3 is 6.03 Å². The van der Waals surface area contributed by atoms with Gasteiger partial charge in [-0.15, -0.1) is 0 Å². The van der Waals surface area contributed by atoms with Crippen LogP contribution >= 0.6 is 11.6 Å². The summed E-state index contributed by atoms with van der Waals surface area (Å²) >= 11 is 6.04. The smallest absolute Gasteiger partial charge is 0.319 e. The van der Waals surface area contributed by atoms with Crippen molar-refractivity contribution in [3.63, 3.8) is 0 Å². The van der Waals surface area contributed by atoms with E-state index in [4.69, 9.17) is 11.6 Å². The number of hydrogen-bond donors (Lipinski definition) is 3. The first-order valence-electron chi connectivity index (χ1n) is 8.33. The lowest BCUT2D eigenvalue weighted by molar-refractivity contribution is 0.0827. The summed E-state index contributed by atoms with van der Waals surface area (Å²) < 4.78 is 0. The normalized spacial score (nSPS) is 15.7. The molecule has 0 bridgehead atoms. The fraction of sp³-hybridized carbons (Fsp3) is 0.529. The van der Waals surface area contributed by atoms with Crippen LogP contribution in [-0.4, -0.2) is 73.2 Å². The second-order valence-electron chi connectivity index (χ2n) is 6.39. The van der Waals surface area contributed by atoms with Gasteiger partial charge in [0.1, 0.15) is 0 Å². The lowest BCUT2D eigenvalue weighted by Crippen LogP contribution is -2.40. The van der Waals surface area contributed by atoms with E-state index in [-0.39, 0.29) is 12.5 Å². The first-order chi connectivity index (χ1) is 11.9. The molecule has 7 nitrogen and oxygen atoms in total. The molecule has 25 heavy (non-hydrogen) atoms. The number of β-amino-alcohol motifs (C(OH)–C–C–N with tert-alkyl or cyclic N) is 1. The highest BCUT2D eigenvalue weighted by molar-refractivity contribution is 6.34. The number of carbonyl (C=O) groups excluding carboxylic acids is 2. The number of aliphatic hydroxyl groups is 1. The van der Waals surface area contributed by atoms with Gasteiger partial charge in [-0.05, 0) is 44.1 Å². The molecule has 1 saturated heterocycles. The second-order valence-corrected chi connectivity index (χ2v) is 6.80. The molecule has 2 rings (SSSR count). The molecule has 1 heterocycles. The number of hydrogen-bond acceptors (Lipinski definition) is 4. The molecular formula is C17H25ClN4O3. The number of carbonyl (C=O) groups is 2. The maximum atomic E-state index is 12.1.